The molecule has 2 heterocycles. The van der Waals surface area contributed by atoms with E-state index in [1.807, 2.05) is 18.2 Å². The van der Waals surface area contributed by atoms with Crippen molar-refractivity contribution in [3.63, 3.8) is 0 Å². The molecule has 10 aromatic rings. The van der Waals surface area contributed by atoms with Gasteiger partial charge in [-0.25, -0.2) is 4.39 Å². The van der Waals surface area contributed by atoms with Crippen molar-refractivity contribution in [2.45, 2.75) is 12.0 Å². The van der Waals surface area contributed by atoms with Crippen molar-refractivity contribution in [3.8, 4) is 16.8 Å². The predicted octanol–water partition coefficient (Wildman–Crippen LogP) is 15.7. The first-order valence-electron chi connectivity index (χ1n) is 22.1. The van der Waals surface area contributed by atoms with Gasteiger partial charge >= 0.3 is 0 Å². The van der Waals surface area contributed by atoms with Crippen molar-refractivity contribution in [2.75, 3.05) is 14.7 Å². The van der Waals surface area contributed by atoms with E-state index in [2.05, 4.69) is 219 Å². The molecule has 1 aromatic heterocycles. The summed E-state index contributed by atoms with van der Waals surface area (Å²) in [5, 5.41) is 2.25. The fraction of sp³-hybridized carbons (Fsp3) is 0.0333. The van der Waals surface area contributed by atoms with Gasteiger partial charge in [0.2, 0.25) is 0 Å². The minimum Gasteiger partial charge on any atom is -0.333 e. The van der Waals surface area contributed by atoms with E-state index in [9.17, 15) is 8.78 Å². The molecule has 314 valence electrons. The number of rotatable bonds is 9. The van der Waals surface area contributed by atoms with Gasteiger partial charge in [-0.2, -0.15) is 4.39 Å². The quantitative estimate of drug-likeness (QED) is 0.144. The van der Waals surface area contributed by atoms with E-state index in [0.717, 1.165) is 72.8 Å². The molecule has 0 fully saturated rings. The van der Waals surface area contributed by atoms with E-state index in [4.69, 9.17) is 0 Å². The van der Waals surface area contributed by atoms with Crippen LogP contribution in [0.25, 0.3) is 38.6 Å². The van der Waals surface area contributed by atoms with Gasteiger partial charge in [-0.1, -0.05) is 109 Å². The zero-order valence-corrected chi connectivity index (χ0v) is 35.6. The highest BCUT2D eigenvalue weighted by Gasteiger charge is 2.39. The van der Waals surface area contributed by atoms with Crippen LogP contribution in [0.1, 0.15) is 11.5 Å². The second-order valence-electron chi connectivity index (χ2n) is 16.7. The lowest BCUT2D eigenvalue weighted by Gasteiger charge is -2.33. The molecule has 1 aliphatic heterocycles. The maximum atomic E-state index is 14.4. The highest BCUT2D eigenvalue weighted by atomic mass is 19.1. The van der Waals surface area contributed by atoms with Crippen molar-refractivity contribution in [3.05, 3.63) is 266 Å². The number of fused-ring (bicyclic) bond motifs is 6. The van der Waals surface area contributed by atoms with E-state index in [1.54, 1.807) is 6.07 Å². The van der Waals surface area contributed by atoms with Gasteiger partial charge in [-0.05, 0) is 150 Å². The summed E-state index contributed by atoms with van der Waals surface area (Å²) in [5.74, 6) is -0.627. The molecule has 0 N–H and O–H groups in total. The number of halogens is 2. The highest BCUT2D eigenvalue weighted by molar-refractivity contribution is 6.10. The third kappa shape index (κ3) is 6.77. The maximum absolute atomic E-state index is 14.4. The highest BCUT2D eigenvalue weighted by Crippen LogP contribution is 2.49. The largest absolute Gasteiger partial charge is 0.333 e. The van der Waals surface area contributed by atoms with E-state index < -0.39 is 5.82 Å². The molecule has 0 spiro atoms. The Bertz CT molecular complexity index is 3430. The first kappa shape index (κ1) is 39.0. The van der Waals surface area contributed by atoms with Gasteiger partial charge in [0, 0.05) is 62.2 Å². The van der Waals surface area contributed by atoms with Crippen molar-refractivity contribution in [1.29, 1.82) is 0 Å². The lowest BCUT2D eigenvalue weighted by atomic mass is 9.89. The number of benzene rings is 8. The molecule has 0 bridgehead atoms. The normalized spacial score (nSPS) is 15.0. The maximum Gasteiger partial charge on any atom is 0.173 e. The Kier molecular flexibility index (Phi) is 9.54. The van der Waals surface area contributed by atoms with Gasteiger partial charge in [-0.15, -0.1) is 0 Å². The molecular formula is C60H40F2N4. The molecule has 0 saturated carbocycles. The Balaban J connectivity index is 0.885. The van der Waals surface area contributed by atoms with Crippen LogP contribution in [0.3, 0.4) is 0 Å². The van der Waals surface area contributed by atoms with Gasteiger partial charge in [0.1, 0.15) is 5.82 Å². The van der Waals surface area contributed by atoms with Crippen LogP contribution in [0.5, 0.6) is 0 Å². The summed E-state index contributed by atoms with van der Waals surface area (Å²) in [4.78, 5) is 6.72. The van der Waals surface area contributed by atoms with Crippen molar-refractivity contribution >= 4 is 61.6 Å². The number of allylic oxidation sites excluding steroid dienone is 1. The summed E-state index contributed by atoms with van der Waals surface area (Å²) < 4.78 is 30.9. The smallest absolute Gasteiger partial charge is 0.173 e. The monoisotopic (exact) mass is 854 g/mol. The second kappa shape index (κ2) is 16.2. The standard InChI is InChI=1S/C60H40F2N4/c61-43-23-31-49(32-24-43)63(51-35-37-59-55(39-51)53-15-7-9-17-57(53)65(59)45-11-3-1-4-12-45)47-27-19-41(20-28-47)42-21-29-48(30-22-42)64(50-33-25-44(62)26-34-50)52-36-38-60-56(40-52)54-16-8-10-18-58(54)66(60)46-13-5-2-6-14-46/h1-25,27-33,35-40,55,59H. The van der Waals surface area contributed by atoms with Crippen LogP contribution in [0.15, 0.2) is 236 Å². The zero-order valence-electron chi connectivity index (χ0n) is 35.6. The van der Waals surface area contributed by atoms with Crippen LogP contribution < -0.4 is 14.7 Å². The van der Waals surface area contributed by atoms with Crippen molar-refractivity contribution < 1.29 is 8.78 Å². The number of nitrogens with zero attached hydrogens (tertiary/aromatic N) is 4. The van der Waals surface area contributed by atoms with E-state index in [-0.39, 0.29) is 17.8 Å². The molecule has 0 amide bonds. The fourth-order valence-corrected chi connectivity index (χ4v) is 9.89. The fourth-order valence-electron chi connectivity index (χ4n) is 9.89. The van der Waals surface area contributed by atoms with Gasteiger partial charge in [-0.3, -0.25) is 0 Å². The molecule has 0 radical (unpaired) electrons. The Morgan fingerprint density at radius 2 is 1.06 bits per heavy atom. The second-order valence-corrected chi connectivity index (χ2v) is 16.7. The molecule has 6 heteroatoms. The van der Waals surface area contributed by atoms with Crippen LogP contribution in [0, 0.1) is 23.8 Å². The summed E-state index contributed by atoms with van der Waals surface area (Å²) in [5.41, 5.74) is 14.4. The number of anilines is 7. The van der Waals surface area contributed by atoms with Crippen LogP contribution in [0.4, 0.5) is 48.6 Å². The summed E-state index contributed by atoms with van der Waals surface area (Å²) in [6.45, 7) is 0. The molecule has 66 heavy (non-hydrogen) atoms. The van der Waals surface area contributed by atoms with Gasteiger partial charge in [0.05, 0.1) is 22.8 Å². The number of hydrogen-bond donors (Lipinski definition) is 0. The predicted molar refractivity (Wildman–Crippen MR) is 266 cm³/mol. The lowest BCUT2D eigenvalue weighted by Crippen LogP contribution is -2.30. The number of aromatic nitrogens is 1. The van der Waals surface area contributed by atoms with Gasteiger partial charge in [0.15, 0.2) is 5.82 Å². The van der Waals surface area contributed by atoms with E-state index in [0.29, 0.717) is 5.69 Å². The molecule has 0 saturated heterocycles. The van der Waals surface area contributed by atoms with Gasteiger partial charge in [0.25, 0.3) is 0 Å². The summed E-state index contributed by atoms with van der Waals surface area (Å²) in [6, 6.07) is 77.2. The Morgan fingerprint density at radius 1 is 0.470 bits per heavy atom. The topological polar surface area (TPSA) is 14.7 Å². The average molecular weight is 855 g/mol. The molecule has 12 rings (SSSR count). The summed E-state index contributed by atoms with van der Waals surface area (Å²) >= 11 is 0. The summed E-state index contributed by atoms with van der Waals surface area (Å²) in [6.07, 6.45) is 6.84. The molecule has 9 aromatic carbocycles. The molecule has 1 aliphatic carbocycles. The van der Waals surface area contributed by atoms with Crippen LogP contribution in [-0.4, -0.2) is 10.6 Å². The molecule has 4 nitrogen and oxygen atoms in total. The first-order chi connectivity index (χ1) is 32.6. The molecule has 2 aliphatic rings. The minimum absolute atomic E-state index is 0.115. The van der Waals surface area contributed by atoms with Crippen molar-refractivity contribution in [1.82, 2.24) is 4.57 Å². The summed E-state index contributed by atoms with van der Waals surface area (Å²) in [7, 11) is 0. The first-order valence-corrected chi connectivity index (χ1v) is 22.1. The SMILES string of the molecule is Fc1c#cc(N(c2ccc(-c3ccc(N(C4=CC5c6ccccc6N(c6ccccc6)C5C=C4)c4ccc(F)cc4)cc3)cc2)c2ccc3c(c2)c2ccccc2n3-c2ccccc2)cc1. The van der Waals surface area contributed by atoms with Crippen molar-refractivity contribution in [2.24, 2.45) is 0 Å². The van der Waals surface area contributed by atoms with E-state index >= 15 is 0 Å². The van der Waals surface area contributed by atoms with E-state index in [1.165, 1.54) is 29.4 Å². The molecule has 2 atom stereocenters. The minimum atomic E-state index is -0.463. The van der Waals surface area contributed by atoms with Crippen LogP contribution in [-0.2, 0) is 0 Å². The Morgan fingerprint density at radius 3 is 1.76 bits per heavy atom. The number of para-hydroxylation sites is 4. The Labute approximate surface area is 382 Å². The molecular weight excluding hydrogens is 815 g/mol. The van der Waals surface area contributed by atoms with Gasteiger partial charge < -0.3 is 19.3 Å². The molecule has 2 unspecified atom stereocenters. The lowest BCUT2D eigenvalue weighted by molar-refractivity contribution is 0.627. The average Bonchev–Trinajstić information content (AvgIpc) is 3.89. The number of hydrogen-bond acceptors (Lipinski definition) is 3. The van der Waals surface area contributed by atoms with Crippen LogP contribution >= 0.6 is 0 Å². The third-order valence-electron chi connectivity index (χ3n) is 12.9. The zero-order chi connectivity index (χ0) is 44.1. The third-order valence-corrected chi connectivity index (χ3v) is 12.9. The Hall–Kier alpha value is -8.66. The van der Waals surface area contributed by atoms with Crippen LogP contribution in [0.2, 0.25) is 0 Å².